The van der Waals surface area contributed by atoms with E-state index in [0.29, 0.717) is 0 Å². The summed E-state index contributed by atoms with van der Waals surface area (Å²) in [4.78, 5) is 47.0. The second kappa shape index (κ2) is 12.4. The molecule has 0 unspecified atom stereocenters. The minimum absolute atomic E-state index is 0.0290. The summed E-state index contributed by atoms with van der Waals surface area (Å²) in [5.41, 5.74) is 4.18. The highest BCUT2D eigenvalue weighted by molar-refractivity contribution is 9.10. The molecule has 2 heterocycles. The van der Waals surface area contributed by atoms with Gasteiger partial charge >= 0.3 is 0 Å². The van der Waals surface area contributed by atoms with Crippen LogP contribution < -0.4 is 10.6 Å². The van der Waals surface area contributed by atoms with Crippen molar-refractivity contribution in [2.75, 3.05) is 6.54 Å². The molecule has 1 aromatic heterocycles. The van der Waals surface area contributed by atoms with E-state index in [4.69, 9.17) is 0 Å². The lowest BCUT2D eigenvalue weighted by Gasteiger charge is -2.35. The summed E-state index contributed by atoms with van der Waals surface area (Å²) >= 11 is 4.65. The topological polar surface area (TPSA) is 112 Å². The fourth-order valence-corrected chi connectivity index (χ4v) is 6.06. The number of hydrogen-bond acceptors (Lipinski definition) is 6. The molecule has 11 heteroatoms. The summed E-state index contributed by atoms with van der Waals surface area (Å²) in [6, 6.07) is 9.48. The molecule has 41 heavy (non-hydrogen) atoms. The van der Waals surface area contributed by atoms with E-state index < -0.39 is 41.2 Å². The summed E-state index contributed by atoms with van der Waals surface area (Å²) in [5.74, 6) is -1.91. The molecule has 3 N–H and O–H groups in total. The fourth-order valence-electron chi connectivity index (χ4n) is 4.87. The number of likely N-dealkylation sites (tertiary alicyclic amines) is 1. The lowest BCUT2D eigenvalue weighted by atomic mass is 9.85. The molecule has 0 radical (unpaired) electrons. The van der Waals surface area contributed by atoms with E-state index >= 15 is 0 Å². The molecule has 4 atom stereocenters. The van der Waals surface area contributed by atoms with Gasteiger partial charge in [0.05, 0.1) is 32.7 Å². The number of aliphatic hydroxyl groups is 1. The Morgan fingerprint density at radius 2 is 1.83 bits per heavy atom. The Kier molecular flexibility index (Phi) is 9.30. The van der Waals surface area contributed by atoms with Crippen LogP contribution in [0, 0.1) is 18.2 Å². The number of aliphatic hydroxyl groups excluding tert-OH is 1. The summed E-state index contributed by atoms with van der Waals surface area (Å²) in [6.45, 7) is 9.20. The lowest BCUT2D eigenvalue weighted by Crippen LogP contribution is -2.57. The average molecular weight is 646 g/mol. The Balaban J connectivity index is 1.48. The predicted molar refractivity (Wildman–Crippen MR) is 160 cm³/mol. The van der Waals surface area contributed by atoms with Gasteiger partial charge in [0.25, 0.3) is 5.91 Å². The molecule has 2 aromatic carbocycles. The Bertz CT molecular complexity index is 1440. The molecule has 3 aromatic rings. The van der Waals surface area contributed by atoms with Crippen LogP contribution in [0.5, 0.6) is 0 Å². The van der Waals surface area contributed by atoms with Crippen molar-refractivity contribution in [3.05, 3.63) is 75.1 Å². The molecule has 1 fully saturated rings. The quantitative estimate of drug-likeness (QED) is 0.335. The predicted octanol–water partition coefficient (Wildman–Crippen LogP) is 5.00. The van der Waals surface area contributed by atoms with Crippen LogP contribution in [0.1, 0.15) is 61.8 Å². The lowest BCUT2D eigenvalue weighted by molar-refractivity contribution is -0.142. The number of nitrogens with one attached hydrogen (secondary N) is 2. The van der Waals surface area contributed by atoms with Crippen molar-refractivity contribution in [1.29, 1.82) is 0 Å². The number of β-amino-alcohol motifs (C(OH)–C–C–N with tert-alkyl or cyclic N) is 1. The minimum Gasteiger partial charge on any atom is -0.391 e. The van der Waals surface area contributed by atoms with Crippen LogP contribution in [-0.4, -0.2) is 57.4 Å². The van der Waals surface area contributed by atoms with Crippen molar-refractivity contribution in [1.82, 2.24) is 20.5 Å². The van der Waals surface area contributed by atoms with Crippen LogP contribution in [0.2, 0.25) is 0 Å². The maximum absolute atomic E-state index is 13.8. The van der Waals surface area contributed by atoms with Crippen molar-refractivity contribution in [2.45, 2.75) is 65.3 Å². The van der Waals surface area contributed by atoms with E-state index in [1.54, 1.807) is 32.1 Å². The van der Waals surface area contributed by atoms with Crippen LogP contribution >= 0.6 is 27.3 Å². The number of carbonyl (C=O) groups excluding carboxylic acids is 3. The third-order valence-corrected chi connectivity index (χ3v) is 8.80. The maximum Gasteiger partial charge on any atom is 0.251 e. The Hall–Kier alpha value is -3.15. The van der Waals surface area contributed by atoms with Crippen LogP contribution in [0.4, 0.5) is 4.39 Å². The first-order chi connectivity index (χ1) is 19.3. The van der Waals surface area contributed by atoms with E-state index in [1.165, 1.54) is 23.1 Å². The molecular formula is C30H34BrFN4O4S. The first kappa shape index (κ1) is 30.8. The van der Waals surface area contributed by atoms with Crippen molar-refractivity contribution >= 4 is 45.0 Å². The number of nitrogens with zero attached hydrogens (tertiary/aromatic N) is 2. The van der Waals surface area contributed by atoms with Gasteiger partial charge in [-0.05, 0) is 64.5 Å². The molecule has 8 nitrogen and oxygen atoms in total. The third-order valence-electron chi connectivity index (χ3n) is 7.21. The smallest absolute Gasteiger partial charge is 0.251 e. The van der Waals surface area contributed by atoms with Gasteiger partial charge in [-0.1, -0.05) is 45.0 Å². The highest BCUT2D eigenvalue weighted by Gasteiger charge is 2.44. The van der Waals surface area contributed by atoms with Gasteiger partial charge in [0.15, 0.2) is 0 Å². The highest BCUT2D eigenvalue weighted by atomic mass is 79.9. The SMILES string of the molecule is Cc1ncsc1-c1ccc([C@H](C)NC(=O)[C@@H]2C[C@@H](O)CN2C(=O)[C@@H](NC(=O)c2ccc(F)c(Br)c2)C(C)(C)C)cc1. The Morgan fingerprint density at radius 1 is 1.15 bits per heavy atom. The normalized spacial score (nSPS) is 18.6. The molecular weight excluding hydrogens is 611 g/mol. The second-order valence-electron chi connectivity index (χ2n) is 11.4. The molecule has 3 amide bonds. The van der Waals surface area contributed by atoms with Crippen molar-refractivity contribution in [3.8, 4) is 10.4 Å². The van der Waals surface area contributed by atoms with E-state index in [9.17, 15) is 23.9 Å². The summed E-state index contributed by atoms with van der Waals surface area (Å²) in [5, 5.41) is 16.2. The molecule has 0 spiro atoms. The Labute approximate surface area is 251 Å². The maximum atomic E-state index is 13.8. The van der Waals surface area contributed by atoms with Crippen LogP contribution in [-0.2, 0) is 9.59 Å². The number of halogens is 2. The molecule has 218 valence electrons. The monoisotopic (exact) mass is 644 g/mol. The first-order valence-electron chi connectivity index (χ1n) is 13.3. The highest BCUT2D eigenvalue weighted by Crippen LogP contribution is 2.30. The van der Waals surface area contributed by atoms with Gasteiger partial charge in [-0.25, -0.2) is 9.37 Å². The molecule has 1 aliphatic rings. The van der Waals surface area contributed by atoms with Gasteiger partial charge in [0.2, 0.25) is 11.8 Å². The Morgan fingerprint density at radius 3 is 2.41 bits per heavy atom. The number of amides is 3. The molecule has 1 saturated heterocycles. The number of rotatable bonds is 7. The van der Waals surface area contributed by atoms with Crippen molar-refractivity contribution < 1.29 is 23.9 Å². The number of thiazole rings is 1. The summed E-state index contributed by atoms with van der Waals surface area (Å²) in [6.07, 6.45) is -0.792. The third kappa shape index (κ3) is 7.02. The number of aromatic nitrogens is 1. The molecule has 0 saturated carbocycles. The average Bonchev–Trinajstić information content (AvgIpc) is 3.53. The zero-order chi connectivity index (χ0) is 30.1. The van der Waals surface area contributed by atoms with Crippen LogP contribution in [0.15, 0.2) is 52.4 Å². The van der Waals surface area contributed by atoms with Gasteiger partial charge < -0.3 is 20.6 Å². The van der Waals surface area contributed by atoms with E-state index in [0.717, 1.165) is 21.7 Å². The largest absolute Gasteiger partial charge is 0.391 e. The van der Waals surface area contributed by atoms with Gasteiger partial charge in [0, 0.05) is 18.5 Å². The second-order valence-corrected chi connectivity index (χ2v) is 13.1. The van der Waals surface area contributed by atoms with Gasteiger partial charge in [-0.3, -0.25) is 14.4 Å². The first-order valence-corrected chi connectivity index (χ1v) is 15.0. The summed E-state index contributed by atoms with van der Waals surface area (Å²) in [7, 11) is 0. The van der Waals surface area contributed by atoms with Gasteiger partial charge in [0.1, 0.15) is 17.9 Å². The van der Waals surface area contributed by atoms with Crippen LogP contribution in [0.25, 0.3) is 10.4 Å². The summed E-state index contributed by atoms with van der Waals surface area (Å²) < 4.78 is 13.8. The molecule has 0 bridgehead atoms. The van der Waals surface area contributed by atoms with E-state index in [-0.39, 0.29) is 35.0 Å². The standard InChI is InChI=1S/C30H34BrFN4O4S/c1-16(18-6-8-19(9-7-18)25-17(2)33-15-41-25)34-28(39)24-13-21(37)14-36(24)29(40)26(30(3,4)5)35-27(38)20-10-11-23(32)22(31)12-20/h6-12,15-16,21,24,26,37H,13-14H2,1-5H3,(H,34,39)(H,35,38)/t16-,21+,24-,26+/m0/s1. The number of aryl methyl sites for hydroxylation is 1. The zero-order valence-corrected chi connectivity index (χ0v) is 26.0. The van der Waals surface area contributed by atoms with Crippen LogP contribution in [0.3, 0.4) is 0 Å². The van der Waals surface area contributed by atoms with Gasteiger partial charge in [-0.2, -0.15) is 0 Å². The van der Waals surface area contributed by atoms with E-state index in [1.807, 2.05) is 43.6 Å². The molecule has 0 aliphatic carbocycles. The molecule has 1 aliphatic heterocycles. The van der Waals surface area contributed by atoms with Gasteiger partial charge in [-0.15, -0.1) is 11.3 Å². The van der Waals surface area contributed by atoms with Crippen molar-refractivity contribution in [2.24, 2.45) is 5.41 Å². The van der Waals surface area contributed by atoms with E-state index in [2.05, 4.69) is 31.5 Å². The number of benzene rings is 2. The number of carbonyl (C=O) groups is 3. The fraction of sp³-hybridized carbons (Fsp3) is 0.400. The minimum atomic E-state index is -1.00. The molecule has 4 rings (SSSR count). The van der Waals surface area contributed by atoms with Crippen molar-refractivity contribution in [3.63, 3.8) is 0 Å². The zero-order valence-electron chi connectivity index (χ0n) is 23.6. The number of hydrogen-bond donors (Lipinski definition) is 3.